The number of benzene rings is 1. The van der Waals surface area contributed by atoms with Gasteiger partial charge in [-0.25, -0.2) is 12.7 Å². The van der Waals surface area contributed by atoms with Gasteiger partial charge in [-0.2, -0.15) is 0 Å². The molecule has 1 aromatic carbocycles. The van der Waals surface area contributed by atoms with Crippen LogP contribution in [0, 0.1) is 0 Å². The van der Waals surface area contributed by atoms with Crippen LogP contribution in [-0.2, 0) is 16.6 Å². The Kier molecular flexibility index (Phi) is 9.48. The second-order valence-electron chi connectivity index (χ2n) is 7.42. The topological polar surface area (TPSA) is 83.0 Å². The fourth-order valence-corrected chi connectivity index (χ4v) is 4.59. The summed E-state index contributed by atoms with van der Waals surface area (Å²) < 4.78 is 31.7. The fraction of sp³-hybridized carbons (Fsp3) is 0.650. The minimum atomic E-state index is -3.09. The lowest BCUT2D eigenvalue weighted by molar-refractivity contribution is 0.119. The van der Waals surface area contributed by atoms with E-state index in [9.17, 15) is 8.42 Å². The lowest BCUT2D eigenvalue weighted by Gasteiger charge is -2.32. The number of piperidine rings is 1. The van der Waals surface area contributed by atoms with E-state index in [2.05, 4.69) is 21.7 Å². The molecule has 1 aliphatic carbocycles. The zero-order valence-electron chi connectivity index (χ0n) is 17.3. The molecular weight excluding hydrogens is 503 g/mol. The molecule has 164 valence electrons. The molecule has 2 fully saturated rings. The van der Waals surface area contributed by atoms with E-state index in [1.807, 2.05) is 18.2 Å². The molecule has 1 saturated heterocycles. The first kappa shape index (κ1) is 24.2. The predicted molar refractivity (Wildman–Crippen MR) is 128 cm³/mol. The number of rotatable bonds is 7. The van der Waals surface area contributed by atoms with Gasteiger partial charge in [0.15, 0.2) is 5.96 Å². The van der Waals surface area contributed by atoms with Crippen molar-refractivity contribution in [2.75, 3.05) is 25.9 Å². The highest BCUT2D eigenvalue weighted by Crippen LogP contribution is 2.27. The van der Waals surface area contributed by atoms with E-state index in [0.717, 1.165) is 43.0 Å². The molecule has 7 nitrogen and oxygen atoms in total. The molecule has 1 aliphatic heterocycles. The van der Waals surface area contributed by atoms with Crippen LogP contribution in [-0.4, -0.2) is 56.7 Å². The average molecular weight is 536 g/mol. The monoisotopic (exact) mass is 536 g/mol. The number of para-hydroxylation sites is 1. The number of hydrogen-bond donors (Lipinski definition) is 2. The molecule has 0 unspecified atom stereocenters. The van der Waals surface area contributed by atoms with E-state index in [4.69, 9.17) is 4.74 Å². The molecule has 2 N–H and O–H groups in total. The maximum absolute atomic E-state index is 12.0. The molecule has 0 aromatic heterocycles. The molecular formula is C20H33IN4O3S. The van der Waals surface area contributed by atoms with Gasteiger partial charge in [0.25, 0.3) is 0 Å². The molecule has 0 bridgehead atoms. The Hall–Kier alpha value is -1.07. The average Bonchev–Trinajstić information content (AvgIpc) is 2.69. The normalized spacial score (nSPS) is 19.2. The van der Waals surface area contributed by atoms with Gasteiger partial charge in [-0.05, 0) is 45.1 Å². The maximum atomic E-state index is 12.0. The molecule has 1 heterocycles. The minimum Gasteiger partial charge on any atom is -0.490 e. The largest absolute Gasteiger partial charge is 0.490 e. The quantitative estimate of drug-likeness (QED) is 0.318. The van der Waals surface area contributed by atoms with Crippen LogP contribution in [0.25, 0.3) is 0 Å². The zero-order valence-corrected chi connectivity index (χ0v) is 20.4. The van der Waals surface area contributed by atoms with Crippen molar-refractivity contribution >= 4 is 40.0 Å². The van der Waals surface area contributed by atoms with E-state index >= 15 is 0 Å². The summed E-state index contributed by atoms with van der Waals surface area (Å²) in [7, 11) is -1.34. The summed E-state index contributed by atoms with van der Waals surface area (Å²) >= 11 is 0. The number of sulfonamides is 1. The summed E-state index contributed by atoms with van der Waals surface area (Å²) in [4.78, 5) is 4.32. The Morgan fingerprint density at radius 2 is 1.90 bits per heavy atom. The van der Waals surface area contributed by atoms with Gasteiger partial charge in [0.1, 0.15) is 5.75 Å². The van der Waals surface area contributed by atoms with Crippen LogP contribution in [0.3, 0.4) is 0 Å². The third-order valence-corrected chi connectivity index (χ3v) is 7.42. The van der Waals surface area contributed by atoms with E-state index in [-0.39, 0.29) is 35.8 Å². The maximum Gasteiger partial charge on any atom is 0.213 e. The number of ether oxygens (including phenoxy) is 1. The van der Waals surface area contributed by atoms with Gasteiger partial charge in [-0.15, -0.1) is 24.0 Å². The second kappa shape index (κ2) is 11.4. The Morgan fingerprint density at radius 1 is 1.21 bits per heavy atom. The highest BCUT2D eigenvalue weighted by molar-refractivity contribution is 14.0. The van der Waals surface area contributed by atoms with Crippen molar-refractivity contribution in [1.82, 2.24) is 14.9 Å². The molecule has 9 heteroatoms. The number of hydrogen-bond acceptors (Lipinski definition) is 4. The highest BCUT2D eigenvalue weighted by Gasteiger charge is 2.27. The van der Waals surface area contributed by atoms with Crippen molar-refractivity contribution in [3.63, 3.8) is 0 Å². The van der Waals surface area contributed by atoms with Gasteiger partial charge >= 0.3 is 0 Å². The van der Waals surface area contributed by atoms with Crippen molar-refractivity contribution < 1.29 is 13.2 Å². The van der Waals surface area contributed by atoms with Gasteiger partial charge in [-0.3, -0.25) is 4.99 Å². The summed E-state index contributed by atoms with van der Waals surface area (Å²) in [6.45, 7) is 3.44. The summed E-state index contributed by atoms with van der Waals surface area (Å²) in [5, 5.41) is 6.79. The molecule has 29 heavy (non-hydrogen) atoms. The lowest BCUT2D eigenvalue weighted by Crippen LogP contribution is -2.49. The van der Waals surface area contributed by atoms with E-state index in [1.54, 1.807) is 18.3 Å². The van der Waals surface area contributed by atoms with Crippen LogP contribution < -0.4 is 15.4 Å². The van der Waals surface area contributed by atoms with Crippen molar-refractivity contribution in [3.05, 3.63) is 29.8 Å². The minimum absolute atomic E-state index is 0. The molecule has 0 amide bonds. The van der Waals surface area contributed by atoms with E-state index < -0.39 is 10.0 Å². The van der Waals surface area contributed by atoms with E-state index in [0.29, 0.717) is 25.7 Å². The van der Waals surface area contributed by atoms with Crippen LogP contribution in [0.4, 0.5) is 0 Å². The number of aliphatic imine (C=N–C) groups is 1. The Labute approximate surface area is 191 Å². The number of halogens is 1. The Bertz CT molecular complexity index is 776. The highest BCUT2D eigenvalue weighted by atomic mass is 127. The second-order valence-corrected chi connectivity index (χ2v) is 9.68. The zero-order chi connectivity index (χ0) is 20.0. The number of nitrogens with zero attached hydrogens (tertiary/aromatic N) is 2. The van der Waals surface area contributed by atoms with Gasteiger partial charge < -0.3 is 15.4 Å². The SMILES string of the molecule is CCS(=O)(=O)N1CCC(NC(=NC)NCc2ccccc2OC2CCC2)CC1.I. The predicted octanol–water partition coefficient (Wildman–Crippen LogP) is 2.72. The van der Waals surface area contributed by atoms with E-state index in [1.165, 1.54) is 6.42 Å². The molecule has 0 radical (unpaired) electrons. The first-order valence-electron chi connectivity index (χ1n) is 10.2. The molecule has 3 rings (SSSR count). The standard InChI is InChI=1S/C20H32N4O3S.HI/c1-3-28(25,26)24-13-11-17(12-14-24)23-20(21-2)22-15-16-7-4-5-10-19(16)27-18-8-6-9-18;/h4-5,7,10,17-18H,3,6,8-9,11-15H2,1-2H3,(H2,21,22,23);1H. The van der Waals surface area contributed by atoms with Gasteiger partial charge in [0, 0.05) is 38.3 Å². The van der Waals surface area contributed by atoms with Gasteiger partial charge in [-0.1, -0.05) is 18.2 Å². The smallest absolute Gasteiger partial charge is 0.213 e. The van der Waals surface area contributed by atoms with Crippen LogP contribution >= 0.6 is 24.0 Å². The Balaban J connectivity index is 0.00000300. The fourth-order valence-electron chi connectivity index (χ4n) is 3.46. The summed E-state index contributed by atoms with van der Waals surface area (Å²) in [6.07, 6.45) is 5.43. The van der Waals surface area contributed by atoms with Gasteiger partial charge in [0.2, 0.25) is 10.0 Å². The van der Waals surface area contributed by atoms with Crippen LogP contribution in [0.5, 0.6) is 5.75 Å². The Morgan fingerprint density at radius 3 is 2.48 bits per heavy atom. The number of guanidine groups is 1. The van der Waals surface area contributed by atoms with Crippen molar-refractivity contribution in [1.29, 1.82) is 0 Å². The van der Waals surface area contributed by atoms with Crippen molar-refractivity contribution in [2.24, 2.45) is 4.99 Å². The van der Waals surface area contributed by atoms with Crippen molar-refractivity contribution in [3.8, 4) is 5.75 Å². The molecule has 0 spiro atoms. The summed E-state index contributed by atoms with van der Waals surface area (Å²) in [5.74, 6) is 1.83. The van der Waals surface area contributed by atoms with Gasteiger partial charge in [0.05, 0.1) is 11.9 Å². The van der Waals surface area contributed by atoms with Crippen LogP contribution in [0.15, 0.2) is 29.3 Å². The third-order valence-electron chi connectivity index (χ3n) is 5.54. The lowest BCUT2D eigenvalue weighted by atomic mass is 9.96. The molecule has 2 aliphatic rings. The summed E-state index contributed by atoms with van der Waals surface area (Å²) in [6, 6.07) is 8.33. The first-order chi connectivity index (χ1) is 13.5. The first-order valence-corrected chi connectivity index (χ1v) is 11.8. The van der Waals surface area contributed by atoms with Crippen molar-refractivity contribution in [2.45, 2.75) is 57.7 Å². The third kappa shape index (κ3) is 6.71. The van der Waals surface area contributed by atoms with Crippen LogP contribution in [0.2, 0.25) is 0 Å². The molecule has 0 atom stereocenters. The molecule has 1 saturated carbocycles. The molecule has 1 aromatic rings. The van der Waals surface area contributed by atoms with Crippen LogP contribution in [0.1, 0.15) is 44.6 Å². The summed E-state index contributed by atoms with van der Waals surface area (Å²) in [5.41, 5.74) is 1.11. The number of nitrogens with one attached hydrogen (secondary N) is 2.